The first-order chi connectivity index (χ1) is 13.7. The van der Waals surface area contributed by atoms with Gasteiger partial charge in [-0.05, 0) is 25.8 Å². The summed E-state index contributed by atoms with van der Waals surface area (Å²) in [6.07, 6.45) is 4.22. The number of aromatic nitrogens is 5. The van der Waals surface area contributed by atoms with Crippen LogP contribution in [-0.4, -0.2) is 36.4 Å². The molecular weight excluding hydrogens is 392 g/mol. The summed E-state index contributed by atoms with van der Waals surface area (Å²) in [5.74, 6) is 1.05. The molecule has 0 bridgehead atoms. The third-order valence-corrected chi connectivity index (χ3v) is 6.42. The smallest absolute Gasteiger partial charge is 0.236 e. The molecule has 0 spiro atoms. The average molecular weight is 411 g/mol. The Morgan fingerprint density at radius 1 is 1.36 bits per heavy atom. The lowest BCUT2D eigenvalue weighted by Crippen LogP contribution is -2.14. The zero-order valence-electron chi connectivity index (χ0n) is 15.2. The van der Waals surface area contributed by atoms with Gasteiger partial charge in [-0.2, -0.15) is 0 Å². The predicted molar refractivity (Wildman–Crippen MR) is 112 cm³/mol. The number of amides is 1. The first kappa shape index (κ1) is 17.4. The van der Waals surface area contributed by atoms with Gasteiger partial charge in [-0.3, -0.25) is 9.36 Å². The van der Waals surface area contributed by atoms with E-state index in [1.54, 1.807) is 0 Å². The molecule has 3 aromatic heterocycles. The molecule has 1 aromatic carbocycles. The van der Waals surface area contributed by atoms with E-state index in [2.05, 4.69) is 42.2 Å². The highest BCUT2D eigenvalue weighted by Crippen LogP contribution is 2.42. The van der Waals surface area contributed by atoms with Crippen molar-refractivity contribution in [3.8, 4) is 11.4 Å². The second kappa shape index (κ2) is 7.06. The molecular formula is C19H18N6OS2. The third-order valence-electron chi connectivity index (χ3n) is 4.60. The van der Waals surface area contributed by atoms with Gasteiger partial charge in [0.2, 0.25) is 5.91 Å². The highest BCUT2D eigenvalue weighted by atomic mass is 32.2. The van der Waals surface area contributed by atoms with Gasteiger partial charge < -0.3 is 10.3 Å². The number of rotatable bonds is 6. The number of H-pyrrole nitrogens is 1. The fourth-order valence-electron chi connectivity index (χ4n) is 3.17. The monoisotopic (exact) mass is 410 g/mol. The van der Waals surface area contributed by atoms with Gasteiger partial charge in [-0.15, -0.1) is 21.5 Å². The number of thiazole rings is 1. The van der Waals surface area contributed by atoms with Gasteiger partial charge in [0.15, 0.2) is 16.1 Å². The fraction of sp³-hybridized carbons (Fsp3) is 0.263. The van der Waals surface area contributed by atoms with E-state index in [0.29, 0.717) is 11.2 Å². The zero-order valence-corrected chi connectivity index (χ0v) is 16.8. The number of thioether (sulfide) groups is 1. The molecule has 9 heteroatoms. The van der Waals surface area contributed by atoms with Gasteiger partial charge in [-0.25, -0.2) is 4.98 Å². The maximum Gasteiger partial charge on any atom is 0.236 e. The van der Waals surface area contributed by atoms with Crippen molar-refractivity contribution in [1.82, 2.24) is 24.7 Å². The van der Waals surface area contributed by atoms with E-state index in [9.17, 15) is 4.79 Å². The van der Waals surface area contributed by atoms with Crippen molar-refractivity contribution < 1.29 is 4.79 Å². The van der Waals surface area contributed by atoms with Crippen molar-refractivity contribution in [2.24, 2.45) is 0 Å². The van der Waals surface area contributed by atoms with Crippen molar-refractivity contribution in [3.63, 3.8) is 0 Å². The Kier molecular flexibility index (Phi) is 4.40. The Hall–Kier alpha value is -2.65. The van der Waals surface area contributed by atoms with Gasteiger partial charge in [0.05, 0.1) is 11.4 Å². The van der Waals surface area contributed by atoms with E-state index in [-0.39, 0.29) is 11.7 Å². The van der Waals surface area contributed by atoms with Crippen LogP contribution in [0, 0.1) is 6.92 Å². The number of nitrogens with zero attached hydrogens (tertiary/aromatic N) is 4. The first-order valence-corrected chi connectivity index (χ1v) is 10.9. The molecule has 1 aliphatic carbocycles. The van der Waals surface area contributed by atoms with Crippen LogP contribution in [0.3, 0.4) is 0 Å². The molecule has 1 saturated carbocycles. The van der Waals surface area contributed by atoms with Crippen LogP contribution in [-0.2, 0) is 4.79 Å². The van der Waals surface area contributed by atoms with Crippen LogP contribution < -0.4 is 5.32 Å². The third kappa shape index (κ3) is 3.31. The molecule has 1 aliphatic rings. The van der Waals surface area contributed by atoms with Gasteiger partial charge >= 0.3 is 0 Å². The van der Waals surface area contributed by atoms with Crippen LogP contribution >= 0.6 is 23.1 Å². The zero-order chi connectivity index (χ0) is 19.1. The molecule has 28 heavy (non-hydrogen) atoms. The van der Waals surface area contributed by atoms with Crippen LogP contribution in [0.25, 0.3) is 22.3 Å². The number of hydrogen-bond donors (Lipinski definition) is 2. The second-order valence-electron chi connectivity index (χ2n) is 6.79. The minimum Gasteiger partial charge on any atom is -0.360 e. The van der Waals surface area contributed by atoms with E-state index in [1.807, 2.05) is 30.6 Å². The average Bonchev–Trinajstić information content (AvgIpc) is 3.11. The molecule has 1 amide bonds. The largest absolute Gasteiger partial charge is 0.360 e. The minimum absolute atomic E-state index is 0.0849. The number of benzene rings is 1. The Morgan fingerprint density at radius 2 is 2.21 bits per heavy atom. The molecule has 4 aromatic rings. The van der Waals surface area contributed by atoms with Gasteiger partial charge in [-0.1, -0.05) is 30.0 Å². The number of hydrogen-bond acceptors (Lipinski definition) is 6. The summed E-state index contributed by atoms with van der Waals surface area (Å²) in [4.78, 5) is 19.8. The number of carbonyl (C=O) groups excluding carboxylic acids is 1. The SMILES string of the molecule is Cc1csc(NC(=O)CSc2nnc(-c3c[nH]c4ccccc34)n2C2CC2)n1. The van der Waals surface area contributed by atoms with Crippen LogP contribution in [0.2, 0.25) is 0 Å². The second-order valence-corrected chi connectivity index (χ2v) is 8.59. The maximum absolute atomic E-state index is 12.3. The molecule has 0 unspecified atom stereocenters. The summed E-state index contributed by atoms with van der Waals surface area (Å²) >= 11 is 2.85. The predicted octanol–water partition coefficient (Wildman–Crippen LogP) is 4.26. The normalized spacial score (nSPS) is 13.9. The Morgan fingerprint density at radius 3 is 3.00 bits per heavy atom. The molecule has 7 nitrogen and oxygen atoms in total. The summed E-state index contributed by atoms with van der Waals surface area (Å²) in [6, 6.07) is 8.59. The Bertz CT molecular complexity index is 1160. The van der Waals surface area contributed by atoms with Crippen LogP contribution in [0.15, 0.2) is 41.0 Å². The quantitative estimate of drug-likeness (QED) is 0.464. The van der Waals surface area contributed by atoms with Crippen molar-refractivity contribution in [1.29, 1.82) is 0 Å². The lowest BCUT2D eigenvalue weighted by atomic mass is 10.1. The molecule has 5 rings (SSSR count). The van der Waals surface area contributed by atoms with Crippen molar-refractivity contribution in [2.45, 2.75) is 31.0 Å². The summed E-state index contributed by atoms with van der Waals surface area (Å²) < 4.78 is 2.18. The number of anilines is 1. The number of aryl methyl sites for hydroxylation is 1. The summed E-state index contributed by atoms with van der Waals surface area (Å²) in [5, 5.41) is 16.2. The topological polar surface area (TPSA) is 88.5 Å². The van der Waals surface area contributed by atoms with E-state index in [4.69, 9.17) is 0 Å². The van der Waals surface area contributed by atoms with E-state index in [1.165, 1.54) is 23.1 Å². The molecule has 0 atom stereocenters. The summed E-state index contributed by atoms with van der Waals surface area (Å²) in [6.45, 7) is 1.91. The molecule has 2 N–H and O–H groups in total. The minimum atomic E-state index is -0.0849. The number of carbonyl (C=O) groups is 1. The number of fused-ring (bicyclic) bond motifs is 1. The molecule has 0 aliphatic heterocycles. The van der Waals surface area contributed by atoms with Gasteiger partial charge in [0.25, 0.3) is 0 Å². The van der Waals surface area contributed by atoms with E-state index < -0.39 is 0 Å². The highest BCUT2D eigenvalue weighted by molar-refractivity contribution is 7.99. The summed E-state index contributed by atoms with van der Waals surface area (Å²) in [5.41, 5.74) is 3.03. The molecule has 0 radical (unpaired) electrons. The number of nitrogens with one attached hydrogen (secondary N) is 2. The Balaban J connectivity index is 1.38. The van der Waals surface area contributed by atoms with Crippen molar-refractivity contribution in [3.05, 3.63) is 41.5 Å². The molecule has 142 valence electrons. The number of aromatic amines is 1. The van der Waals surface area contributed by atoms with Crippen molar-refractivity contribution >= 4 is 45.0 Å². The highest BCUT2D eigenvalue weighted by Gasteiger charge is 2.31. The first-order valence-electron chi connectivity index (χ1n) is 9.05. The lowest BCUT2D eigenvalue weighted by Gasteiger charge is -2.08. The van der Waals surface area contributed by atoms with Gasteiger partial charge in [0.1, 0.15) is 0 Å². The van der Waals surface area contributed by atoms with Crippen LogP contribution in [0.5, 0.6) is 0 Å². The summed E-state index contributed by atoms with van der Waals surface area (Å²) in [7, 11) is 0. The van der Waals surface area contributed by atoms with Crippen molar-refractivity contribution in [2.75, 3.05) is 11.1 Å². The van der Waals surface area contributed by atoms with E-state index >= 15 is 0 Å². The Labute approximate surface area is 169 Å². The standard InChI is InChI=1S/C19H18N6OS2/c1-11-9-27-18(21-11)22-16(26)10-28-19-24-23-17(25(19)12-6-7-12)14-8-20-15-5-3-2-4-13(14)15/h2-5,8-9,12,20H,6-7,10H2,1H3,(H,21,22,26). The maximum atomic E-state index is 12.3. The molecule has 3 heterocycles. The van der Waals surface area contributed by atoms with E-state index in [0.717, 1.165) is 46.0 Å². The van der Waals surface area contributed by atoms with Gasteiger partial charge in [0, 0.05) is 34.1 Å². The van der Waals surface area contributed by atoms with Crippen LogP contribution in [0.4, 0.5) is 5.13 Å². The fourth-order valence-corrected chi connectivity index (χ4v) is 4.68. The van der Waals surface area contributed by atoms with Crippen LogP contribution in [0.1, 0.15) is 24.6 Å². The molecule has 1 fully saturated rings. The molecule has 0 saturated heterocycles. The lowest BCUT2D eigenvalue weighted by molar-refractivity contribution is -0.113. The number of para-hydroxylation sites is 1.